The van der Waals surface area contributed by atoms with Crippen molar-refractivity contribution in [2.24, 2.45) is 23.7 Å². The maximum absolute atomic E-state index is 13.1. The molecule has 0 bridgehead atoms. The molecule has 2 rings (SSSR count). The molecular formula is C67H130N2O6. The van der Waals surface area contributed by atoms with Gasteiger partial charge in [-0.15, -0.1) is 0 Å². The molecule has 0 aromatic heterocycles. The monoisotopic (exact) mass is 1060 g/mol. The zero-order chi connectivity index (χ0) is 54.1. The Labute approximate surface area is 466 Å². The van der Waals surface area contributed by atoms with Crippen molar-refractivity contribution in [1.82, 2.24) is 9.80 Å². The fraction of sp³-hybridized carbons (Fsp3) is 0.970. The Morgan fingerprint density at radius 3 is 1.00 bits per heavy atom. The van der Waals surface area contributed by atoms with Gasteiger partial charge in [-0.1, -0.05) is 233 Å². The molecule has 2 atom stereocenters. The summed E-state index contributed by atoms with van der Waals surface area (Å²) in [5, 5.41) is 19.1. The van der Waals surface area contributed by atoms with Crippen molar-refractivity contribution in [2.45, 2.75) is 342 Å². The third-order valence-corrected chi connectivity index (χ3v) is 18.0. The summed E-state index contributed by atoms with van der Waals surface area (Å²) < 4.78 is 12.4. The van der Waals surface area contributed by atoms with Gasteiger partial charge in [0.15, 0.2) is 0 Å². The topological polar surface area (TPSA) is 99.5 Å². The molecule has 0 saturated heterocycles. The lowest BCUT2D eigenvalue weighted by molar-refractivity contribution is -0.151. The van der Waals surface area contributed by atoms with Crippen molar-refractivity contribution in [3.63, 3.8) is 0 Å². The van der Waals surface area contributed by atoms with Gasteiger partial charge in [0.25, 0.3) is 0 Å². The smallest absolute Gasteiger partial charge is 0.306 e. The van der Waals surface area contributed by atoms with E-state index in [0.29, 0.717) is 25.9 Å². The summed E-state index contributed by atoms with van der Waals surface area (Å²) in [4.78, 5) is 31.1. The third kappa shape index (κ3) is 40.6. The summed E-state index contributed by atoms with van der Waals surface area (Å²) in [7, 11) is 0. The number of aliphatic hydroxyl groups excluding tert-OH is 2. The van der Waals surface area contributed by atoms with Crippen LogP contribution in [0.5, 0.6) is 0 Å². The van der Waals surface area contributed by atoms with Crippen LogP contribution in [0.3, 0.4) is 0 Å². The third-order valence-electron chi connectivity index (χ3n) is 18.0. The van der Waals surface area contributed by atoms with Gasteiger partial charge >= 0.3 is 11.9 Å². The van der Waals surface area contributed by atoms with Crippen LogP contribution in [0.25, 0.3) is 0 Å². The first kappa shape index (κ1) is 69.9. The highest BCUT2D eigenvalue weighted by atomic mass is 16.5. The molecular weight excluding hydrogens is 929 g/mol. The Morgan fingerprint density at radius 1 is 0.347 bits per heavy atom. The molecule has 8 heteroatoms. The van der Waals surface area contributed by atoms with E-state index < -0.39 is 0 Å². The Hall–Kier alpha value is -1.22. The molecule has 2 unspecified atom stereocenters. The van der Waals surface area contributed by atoms with Gasteiger partial charge < -0.3 is 24.6 Å². The van der Waals surface area contributed by atoms with E-state index in [-0.39, 0.29) is 37.4 Å². The van der Waals surface area contributed by atoms with Gasteiger partial charge in [-0.3, -0.25) is 14.5 Å². The Balaban J connectivity index is 1.71. The number of hydrogen-bond donors (Lipinski definition) is 2. The summed E-state index contributed by atoms with van der Waals surface area (Å²) in [5.74, 6) is 3.86. The normalized spacial score (nSPS) is 19.0. The minimum Gasteiger partial charge on any atom is -0.462 e. The van der Waals surface area contributed by atoms with E-state index in [2.05, 4.69) is 37.5 Å². The highest BCUT2D eigenvalue weighted by Gasteiger charge is 2.23. The number of hydrogen-bond acceptors (Lipinski definition) is 8. The standard InChI is InChI=1S/C67H130N2O6/c1-5-9-11-13-17-23-38-64(40-29-27-36-62-48-44-60(34-7-3)45-49-62)74-66(72)42-25-19-15-21-31-52-68(54-33-55-69(56-58-70)57-59-71)53-32-22-16-20-26-43-67(73)75-65(39-24-18-14-12-10-6-2)41-30-28-37-63-50-46-61(35-8-4)47-51-63/h60-65,70-71H,5-59H2,1-4H3. The average molecular weight is 1060 g/mol. The van der Waals surface area contributed by atoms with Crippen LogP contribution in [-0.4, -0.2) is 96.6 Å². The molecule has 0 heterocycles. The van der Waals surface area contributed by atoms with Crippen LogP contribution < -0.4 is 0 Å². The summed E-state index contributed by atoms with van der Waals surface area (Å²) >= 11 is 0. The molecule has 0 aromatic rings. The Kier molecular flexibility index (Phi) is 47.5. The van der Waals surface area contributed by atoms with E-state index in [9.17, 15) is 19.8 Å². The second kappa shape index (κ2) is 51.0. The molecule has 8 nitrogen and oxygen atoms in total. The van der Waals surface area contributed by atoms with E-state index in [1.54, 1.807) is 0 Å². The molecule has 0 spiro atoms. The minimum absolute atomic E-state index is 0.0286. The van der Waals surface area contributed by atoms with Crippen molar-refractivity contribution < 1.29 is 29.3 Å². The van der Waals surface area contributed by atoms with Gasteiger partial charge in [0.05, 0.1) is 13.2 Å². The summed E-state index contributed by atoms with van der Waals surface area (Å²) in [6, 6.07) is 0. The molecule has 2 fully saturated rings. The molecule has 2 saturated carbocycles. The zero-order valence-corrected chi connectivity index (χ0v) is 50.8. The second-order valence-electron chi connectivity index (χ2n) is 24.8. The first-order valence-electron chi connectivity index (χ1n) is 33.9. The number of carbonyl (C=O) groups is 2. The first-order chi connectivity index (χ1) is 36.8. The molecule has 75 heavy (non-hydrogen) atoms. The Morgan fingerprint density at radius 2 is 0.640 bits per heavy atom. The summed E-state index contributed by atoms with van der Waals surface area (Å²) in [6.45, 7) is 14.8. The van der Waals surface area contributed by atoms with Gasteiger partial charge in [-0.2, -0.15) is 0 Å². The quantitative estimate of drug-likeness (QED) is 0.0459. The molecule has 0 radical (unpaired) electrons. The lowest BCUT2D eigenvalue weighted by atomic mass is 9.78. The highest BCUT2D eigenvalue weighted by molar-refractivity contribution is 5.69. The van der Waals surface area contributed by atoms with E-state index >= 15 is 0 Å². The molecule has 0 aliphatic heterocycles. The van der Waals surface area contributed by atoms with Gasteiger partial charge in [-0.05, 0) is 133 Å². The largest absolute Gasteiger partial charge is 0.462 e. The maximum Gasteiger partial charge on any atom is 0.306 e. The fourth-order valence-electron chi connectivity index (χ4n) is 13.1. The first-order valence-corrected chi connectivity index (χ1v) is 33.9. The SMILES string of the molecule is CCCCCCCCC(CCCCC1CCC(CCC)CC1)OC(=O)CCCCCCCN(CCCCCCCC(=O)OC(CCCCCCCC)CCCCC1CCC(CCC)CC1)CCCN(CCO)CCO. The van der Waals surface area contributed by atoms with Crippen molar-refractivity contribution >= 4 is 11.9 Å². The molecule has 0 amide bonds. The van der Waals surface area contributed by atoms with Crippen LogP contribution in [0, 0.1) is 23.7 Å². The fourth-order valence-corrected chi connectivity index (χ4v) is 13.1. The van der Waals surface area contributed by atoms with Crippen molar-refractivity contribution in [2.75, 3.05) is 52.5 Å². The maximum atomic E-state index is 13.1. The van der Waals surface area contributed by atoms with Crippen LogP contribution >= 0.6 is 0 Å². The number of esters is 2. The average Bonchev–Trinajstić information content (AvgIpc) is 3.41. The number of ether oxygens (including phenoxy) is 2. The lowest BCUT2D eigenvalue weighted by Crippen LogP contribution is -2.34. The van der Waals surface area contributed by atoms with Gasteiger partial charge in [0, 0.05) is 25.9 Å². The zero-order valence-electron chi connectivity index (χ0n) is 50.8. The van der Waals surface area contributed by atoms with Crippen LogP contribution in [-0.2, 0) is 19.1 Å². The van der Waals surface area contributed by atoms with Gasteiger partial charge in [0.2, 0.25) is 0 Å². The van der Waals surface area contributed by atoms with Crippen LogP contribution in [0.15, 0.2) is 0 Å². The molecule has 2 aliphatic carbocycles. The van der Waals surface area contributed by atoms with Crippen molar-refractivity contribution in [3.8, 4) is 0 Å². The lowest BCUT2D eigenvalue weighted by Gasteiger charge is -2.28. The van der Waals surface area contributed by atoms with E-state index in [1.807, 2.05) is 0 Å². The van der Waals surface area contributed by atoms with E-state index in [0.717, 1.165) is 120 Å². The predicted octanol–water partition coefficient (Wildman–Crippen LogP) is 18.3. The number of rotatable bonds is 54. The summed E-state index contributed by atoms with van der Waals surface area (Å²) in [6.07, 6.45) is 57.6. The van der Waals surface area contributed by atoms with Gasteiger partial charge in [-0.25, -0.2) is 0 Å². The van der Waals surface area contributed by atoms with Crippen molar-refractivity contribution in [1.29, 1.82) is 0 Å². The molecule has 0 aromatic carbocycles. The van der Waals surface area contributed by atoms with Crippen LogP contribution in [0.1, 0.15) is 329 Å². The van der Waals surface area contributed by atoms with Crippen molar-refractivity contribution in [3.05, 3.63) is 0 Å². The van der Waals surface area contributed by atoms with E-state index in [1.165, 1.54) is 218 Å². The highest BCUT2D eigenvalue weighted by Crippen LogP contribution is 2.36. The van der Waals surface area contributed by atoms with Gasteiger partial charge in [0.1, 0.15) is 12.2 Å². The molecule has 2 N–H and O–H groups in total. The predicted molar refractivity (Wildman–Crippen MR) is 320 cm³/mol. The number of unbranched alkanes of at least 4 members (excludes halogenated alkanes) is 20. The van der Waals surface area contributed by atoms with Crippen LogP contribution in [0.2, 0.25) is 0 Å². The molecule has 444 valence electrons. The number of nitrogens with zero attached hydrogens (tertiary/aromatic N) is 2. The summed E-state index contributed by atoms with van der Waals surface area (Å²) in [5.41, 5.74) is 0. The second-order valence-corrected chi connectivity index (χ2v) is 24.8. The van der Waals surface area contributed by atoms with Crippen LogP contribution in [0.4, 0.5) is 0 Å². The number of aliphatic hydroxyl groups is 2. The minimum atomic E-state index is 0.0286. The number of carbonyl (C=O) groups excluding carboxylic acids is 2. The van der Waals surface area contributed by atoms with E-state index in [4.69, 9.17) is 9.47 Å². The molecule has 2 aliphatic rings. The Bertz CT molecular complexity index is 1150.